The van der Waals surface area contributed by atoms with Crippen LogP contribution in [0, 0.1) is 0 Å². The van der Waals surface area contributed by atoms with Gasteiger partial charge in [0.25, 0.3) is 5.91 Å². The van der Waals surface area contributed by atoms with Crippen molar-refractivity contribution in [2.75, 3.05) is 33.9 Å². The fourth-order valence-corrected chi connectivity index (χ4v) is 3.64. The maximum absolute atomic E-state index is 12.7. The number of likely N-dealkylation sites (tertiary alicyclic amines) is 1. The minimum atomic E-state index is -0.0930. The maximum Gasteiger partial charge on any atom is 0.267 e. The second-order valence-electron chi connectivity index (χ2n) is 7.06. The number of aromatic nitrogens is 1. The Hall–Kier alpha value is -2.21. The molecule has 6 heteroatoms. The van der Waals surface area contributed by atoms with E-state index in [2.05, 4.69) is 22.1 Å². The highest BCUT2D eigenvalue weighted by molar-refractivity contribution is 6.00. The van der Waals surface area contributed by atoms with Gasteiger partial charge in [-0.1, -0.05) is 12.8 Å². The standard InChI is InChI=1S/C20H29N3O3/c1-14(13-23-8-6-4-5-7-9-23)21-20(24)18-12-16-17(22-18)10-15(25-2)11-19(16)26-3/h10-12,14,22H,4-9,13H2,1-3H3,(H,21,24)/t14-/m0/s1. The Balaban J connectivity index is 1.69. The molecule has 1 aromatic heterocycles. The van der Waals surface area contributed by atoms with E-state index in [1.165, 1.54) is 25.7 Å². The fourth-order valence-electron chi connectivity index (χ4n) is 3.64. The van der Waals surface area contributed by atoms with Crippen molar-refractivity contribution in [2.24, 2.45) is 0 Å². The van der Waals surface area contributed by atoms with Crippen molar-refractivity contribution in [3.05, 3.63) is 23.9 Å². The summed E-state index contributed by atoms with van der Waals surface area (Å²) in [4.78, 5) is 18.3. The quantitative estimate of drug-likeness (QED) is 0.831. The lowest BCUT2D eigenvalue weighted by atomic mass is 10.2. The van der Waals surface area contributed by atoms with Gasteiger partial charge in [0.15, 0.2) is 0 Å². The molecule has 0 spiro atoms. The normalized spacial score (nSPS) is 16.9. The van der Waals surface area contributed by atoms with Gasteiger partial charge in [-0.25, -0.2) is 0 Å². The van der Waals surface area contributed by atoms with Gasteiger partial charge in [-0.2, -0.15) is 0 Å². The Morgan fingerprint density at radius 2 is 1.88 bits per heavy atom. The number of amides is 1. The fraction of sp³-hybridized carbons (Fsp3) is 0.550. The zero-order valence-corrected chi connectivity index (χ0v) is 15.9. The van der Waals surface area contributed by atoms with Crippen LogP contribution in [0.3, 0.4) is 0 Å². The second kappa shape index (κ2) is 8.45. The van der Waals surface area contributed by atoms with Crippen LogP contribution in [0.15, 0.2) is 18.2 Å². The predicted octanol–water partition coefficient (Wildman–Crippen LogP) is 3.18. The second-order valence-corrected chi connectivity index (χ2v) is 7.06. The Labute approximate surface area is 154 Å². The summed E-state index contributed by atoms with van der Waals surface area (Å²) in [6.07, 6.45) is 5.14. The lowest BCUT2D eigenvalue weighted by Crippen LogP contribution is -2.42. The summed E-state index contributed by atoms with van der Waals surface area (Å²) in [6.45, 7) is 5.21. The van der Waals surface area contributed by atoms with Gasteiger partial charge in [0, 0.05) is 30.1 Å². The summed E-state index contributed by atoms with van der Waals surface area (Å²) in [5.74, 6) is 1.29. The number of methoxy groups -OCH3 is 2. The molecule has 1 atom stereocenters. The van der Waals surface area contributed by atoms with Crippen molar-refractivity contribution in [1.82, 2.24) is 15.2 Å². The molecular formula is C20H29N3O3. The molecule has 1 amide bonds. The smallest absolute Gasteiger partial charge is 0.267 e. The van der Waals surface area contributed by atoms with Crippen LogP contribution in [0.4, 0.5) is 0 Å². The summed E-state index contributed by atoms with van der Waals surface area (Å²) >= 11 is 0. The lowest BCUT2D eigenvalue weighted by Gasteiger charge is -2.24. The number of carbonyl (C=O) groups excluding carboxylic acids is 1. The molecule has 6 nitrogen and oxygen atoms in total. The molecule has 1 aliphatic rings. The van der Waals surface area contributed by atoms with E-state index < -0.39 is 0 Å². The number of nitrogens with zero attached hydrogens (tertiary/aromatic N) is 1. The lowest BCUT2D eigenvalue weighted by molar-refractivity contribution is 0.0925. The Bertz CT molecular complexity index is 748. The molecule has 1 aliphatic heterocycles. The first kappa shape index (κ1) is 18.6. The number of H-pyrrole nitrogens is 1. The van der Waals surface area contributed by atoms with E-state index in [1.54, 1.807) is 14.2 Å². The Morgan fingerprint density at radius 3 is 2.54 bits per heavy atom. The third kappa shape index (κ3) is 4.30. The van der Waals surface area contributed by atoms with Crippen molar-refractivity contribution in [2.45, 2.75) is 38.6 Å². The SMILES string of the molecule is COc1cc(OC)c2cc(C(=O)N[C@@H](C)CN3CCCCCC3)[nH]c2c1. The van der Waals surface area contributed by atoms with E-state index >= 15 is 0 Å². The van der Waals surface area contributed by atoms with Crippen LogP contribution in [0.25, 0.3) is 10.9 Å². The summed E-state index contributed by atoms with van der Waals surface area (Å²) in [5.41, 5.74) is 1.36. The molecular weight excluding hydrogens is 330 g/mol. The number of rotatable bonds is 6. The van der Waals surface area contributed by atoms with Crippen molar-refractivity contribution >= 4 is 16.8 Å². The zero-order valence-electron chi connectivity index (χ0n) is 15.9. The molecule has 1 fully saturated rings. The van der Waals surface area contributed by atoms with Gasteiger partial charge >= 0.3 is 0 Å². The molecule has 0 aliphatic carbocycles. The average Bonchev–Trinajstić information content (AvgIpc) is 2.91. The number of ether oxygens (including phenoxy) is 2. The van der Waals surface area contributed by atoms with Crippen molar-refractivity contribution in [3.8, 4) is 11.5 Å². The van der Waals surface area contributed by atoms with Crippen LogP contribution in [0.1, 0.15) is 43.1 Å². The van der Waals surface area contributed by atoms with Crippen LogP contribution in [-0.4, -0.2) is 55.7 Å². The number of nitrogens with one attached hydrogen (secondary N) is 2. The Kier molecular flexibility index (Phi) is 6.04. The molecule has 142 valence electrons. The van der Waals surface area contributed by atoms with Gasteiger partial charge in [-0.3, -0.25) is 4.79 Å². The highest BCUT2D eigenvalue weighted by Crippen LogP contribution is 2.31. The molecule has 0 bridgehead atoms. The third-order valence-corrected chi connectivity index (χ3v) is 4.98. The number of carbonyl (C=O) groups is 1. The number of benzene rings is 1. The van der Waals surface area contributed by atoms with Crippen LogP contribution in [0.2, 0.25) is 0 Å². The third-order valence-electron chi connectivity index (χ3n) is 4.98. The minimum Gasteiger partial charge on any atom is -0.497 e. The zero-order chi connectivity index (χ0) is 18.5. The molecule has 0 saturated carbocycles. The summed E-state index contributed by atoms with van der Waals surface area (Å²) in [7, 11) is 3.23. The number of aromatic amines is 1. The highest BCUT2D eigenvalue weighted by atomic mass is 16.5. The predicted molar refractivity (Wildman–Crippen MR) is 103 cm³/mol. The monoisotopic (exact) mass is 359 g/mol. The summed E-state index contributed by atoms with van der Waals surface area (Å²) in [5, 5.41) is 3.98. The Morgan fingerprint density at radius 1 is 1.15 bits per heavy atom. The molecule has 1 saturated heterocycles. The molecule has 0 unspecified atom stereocenters. The van der Waals surface area contributed by atoms with Gasteiger partial charge in [-0.05, 0) is 38.9 Å². The maximum atomic E-state index is 12.7. The van der Waals surface area contributed by atoms with Crippen LogP contribution >= 0.6 is 0 Å². The van der Waals surface area contributed by atoms with E-state index in [0.717, 1.165) is 30.5 Å². The van der Waals surface area contributed by atoms with Crippen molar-refractivity contribution in [1.29, 1.82) is 0 Å². The summed E-state index contributed by atoms with van der Waals surface area (Å²) < 4.78 is 10.7. The largest absolute Gasteiger partial charge is 0.497 e. The van der Waals surface area contributed by atoms with Crippen LogP contribution in [-0.2, 0) is 0 Å². The topological polar surface area (TPSA) is 66.6 Å². The van der Waals surface area contributed by atoms with E-state index in [4.69, 9.17) is 9.47 Å². The van der Waals surface area contributed by atoms with Crippen LogP contribution < -0.4 is 14.8 Å². The van der Waals surface area contributed by atoms with E-state index in [9.17, 15) is 4.79 Å². The van der Waals surface area contributed by atoms with Gasteiger partial charge in [0.1, 0.15) is 17.2 Å². The molecule has 26 heavy (non-hydrogen) atoms. The minimum absolute atomic E-state index is 0.0930. The van der Waals surface area contributed by atoms with Crippen molar-refractivity contribution < 1.29 is 14.3 Å². The van der Waals surface area contributed by atoms with Crippen molar-refractivity contribution in [3.63, 3.8) is 0 Å². The van der Waals surface area contributed by atoms with Gasteiger partial charge in [0.2, 0.25) is 0 Å². The molecule has 2 aromatic rings. The molecule has 1 aromatic carbocycles. The first-order valence-corrected chi connectivity index (χ1v) is 9.38. The van der Waals surface area contributed by atoms with E-state index in [1.807, 2.05) is 18.2 Å². The number of fused-ring (bicyclic) bond motifs is 1. The molecule has 0 radical (unpaired) electrons. The average molecular weight is 359 g/mol. The highest BCUT2D eigenvalue weighted by Gasteiger charge is 2.17. The molecule has 2 heterocycles. The van der Waals surface area contributed by atoms with E-state index in [-0.39, 0.29) is 11.9 Å². The number of hydrogen-bond donors (Lipinski definition) is 2. The van der Waals surface area contributed by atoms with Crippen LogP contribution in [0.5, 0.6) is 11.5 Å². The first-order valence-electron chi connectivity index (χ1n) is 9.38. The van der Waals surface area contributed by atoms with Gasteiger partial charge in [-0.15, -0.1) is 0 Å². The summed E-state index contributed by atoms with van der Waals surface area (Å²) in [6, 6.07) is 5.62. The molecule has 3 rings (SSSR count). The first-order chi connectivity index (χ1) is 12.6. The van der Waals surface area contributed by atoms with Gasteiger partial charge in [0.05, 0.1) is 19.7 Å². The molecule has 2 N–H and O–H groups in total. The van der Waals surface area contributed by atoms with Gasteiger partial charge < -0.3 is 24.7 Å². The van der Waals surface area contributed by atoms with E-state index in [0.29, 0.717) is 17.2 Å². The number of hydrogen-bond acceptors (Lipinski definition) is 4.